The molecule has 1 saturated heterocycles. The van der Waals surface area contributed by atoms with Crippen molar-refractivity contribution in [3.8, 4) is 0 Å². The third-order valence-electron chi connectivity index (χ3n) is 2.86. The van der Waals surface area contributed by atoms with Crippen LogP contribution in [-0.2, 0) is 19.1 Å². The highest BCUT2D eigenvalue weighted by atomic mass is 79.9. The topological polar surface area (TPSA) is 102 Å². The van der Waals surface area contributed by atoms with E-state index in [0.29, 0.717) is 0 Å². The van der Waals surface area contributed by atoms with Crippen molar-refractivity contribution in [1.82, 2.24) is 0 Å². The Morgan fingerprint density at radius 3 is 2.29 bits per heavy atom. The Kier molecular flexibility index (Phi) is 5.00. The number of halogens is 3. The fourth-order valence-corrected chi connectivity index (χ4v) is 3.14. The van der Waals surface area contributed by atoms with Gasteiger partial charge >= 0.3 is 17.9 Å². The molecule has 1 fully saturated rings. The van der Waals surface area contributed by atoms with Crippen molar-refractivity contribution in [2.75, 3.05) is 5.32 Å². The molecule has 0 bridgehead atoms. The van der Waals surface area contributed by atoms with Gasteiger partial charge in [0, 0.05) is 24.5 Å². The van der Waals surface area contributed by atoms with Crippen molar-refractivity contribution in [1.29, 1.82) is 0 Å². The van der Waals surface area contributed by atoms with Gasteiger partial charge in [-0.15, -0.1) is 0 Å². The lowest BCUT2D eigenvalue weighted by Crippen LogP contribution is -2.42. The first kappa shape index (κ1) is 18.4. The molecular formula is C14H10Br2FNO6. The first-order valence-corrected chi connectivity index (χ1v) is 7.96. The fraction of sp³-hybridized carbons (Fsp3) is 0.214. The lowest BCUT2D eigenvalue weighted by atomic mass is 10.1. The Morgan fingerprint density at radius 2 is 1.79 bits per heavy atom. The van der Waals surface area contributed by atoms with Gasteiger partial charge in [-0.1, -0.05) is 0 Å². The second-order valence-electron chi connectivity index (χ2n) is 5.09. The number of esters is 2. The van der Waals surface area contributed by atoms with Crippen molar-refractivity contribution in [3.05, 3.63) is 38.2 Å². The normalized spacial score (nSPS) is 16.3. The number of ether oxygens (including phenoxy) is 2. The van der Waals surface area contributed by atoms with Crippen LogP contribution in [0, 0.1) is 5.82 Å². The van der Waals surface area contributed by atoms with Crippen LogP contribution in [-0.4, -0.2) is 28.8 Å². The molecule has 128 valence electrons. The van der Waals surface area contributed by atoms with Crippen molar-refractivity contribution in [2.45, 2.75) is 19.6 Å². The molecule has 0 spiro atoms. The third kappa shape index (κ3) is 3.59. The minimum Gasteiger partial charge on any atom is -0.478 e. The van der Waals surface area contributed by atoms with Crippen LogP contribution < -0.4 is 5.32 Å². The number of cyclic esters (lactones) is 2. The molecule has 1 aromatic carbocycles. The molecule has 0 unspecified atom stereocenters. The number of carbonyl (C=O) groups excluding carboxylic acids is 2. The van der Waals surface area contributed by atoms with Crippen LogP contribution in [0.1, 0.15) is 24.2 Å². The summed E-state index contributed by atoms with van der Waals surface area (Å²) in [6.45, 7) is 2.77. The van der Waals surface area contributed by atoms with Gasteiger partial charge in [-0.3, -0.25) is 0 Å². The van der Waals surface area contributed by atoms with Gasteiger partial charge in [0.25, 0.3) is 5.79 Å². The first-order valence-electron chi connectivity index (χ1n) is 6.37. The highest BCUT2D eigenvalue weighted by molar-refractivity contribution is 9.11. The number of carbonyl (C=O) groups is 3. The van der Waals surface area contributed by atoms with Crippen molar-refractivity contribution in [3.63, 3.8) is 0 Å². The van der Waals surface area contributed by atoms with Gasteiger partial charge < -0.3 is 19.9 Å². The van der Waals surface area contributed by atoms with E-state index in [1.54, 1.807) is 0 Å². The van der Waals surface area contributed by atoms with E-state index >= 15 is 0 Å². The largest absolute Gasteiger partial charge is 0.478 e. The monoisotopic (exact) mass is 465 g/mol. The molecule has 0 amide bonds. The summed E-state index contributed by atoms with van der Waals surface area (Å²) in [5, 5.41) is 11.6. The van der Waals surface area contributed by atoms with E-state index in [-0.39, 0.29) is 14.6 Å². The summed E-state index contributed by atoms with van der Waals surface area (Å²) in [5.74, 6) is -5.85. The molecule has 10 heteroatoms. The van der Waals surface area contributed by atoms with E-state index in [1.165, 1.54) is 19.9 Å². The highest BCUT2D eigenvalue weighted by Gasteiger charge is 2.39. The summed E-state index contributed by atoms with van der Waals surface area (Å²) in [4.78, 5) is 34.9. The van der Waals surface area contributed by atoms with Crippen molar-refractivity contribution < 1.29 is 33.4 Å². The maximum absolute atomic E-state index is 14.0. The summed E-state index contributed by atoms with van der Waals surface area (Å²) < 4.78 is 23.9. The Labute approximate surface area is 152 Å². The molecular weight excluding hydrogens is 457 g/mol. The third-order valence-corrected chi connectivity index (χ3v) is 4.07. The molecule has 0 aromatic heterocycles. The van der Waals surface area contributed by atoms with Crippen LogP contribution >= 0.6 is 31.9 Å². The Morgan fingerprint density at radius 1 is 1.25 bits per heavy atom. The number of hydrogen-bond donors (Lipinski definition) is 2. The molecule has 2 rings (SSSR count). The zero-order chi connectivity index (χ0) is 18.2. The van der Waals surface area contributed by atoms with E-state index in [0.717, 1.165) is 6.20 Å². The molecule has 7 nitrogen and oxygen atoms in total. The minimum absolute atomic E-state index is 0.0665. The maximum Gasteiger partial charge on any atom is 0.350 e. The lowest BCUT2D eigenvalue weighted by Gasteiger charge is -2.29. The molecule has 0 radical (unpaired) electrons. The van der Waals surface area contributed by atoms with E-state index in [4.69, 9.17) is 9.47 Å². The number of anilines is 1. The number of carboxylic acid groups (broad SMARTS) is 1. The molecule has 1 aliphatic heterocycles. The smallest absolute Gasteiger partial charge is 0.350 e. The zero-order valence-corrected chi connectivity index (χ0v) is 15.4. The molecule has 0 aliphatic carbocycles. The molecule has 2 N–H and O–H groups in total. The van der Waals surface area contributed by atoms with Gasteiger partial charge in [-0.2, -0.15) is 0 Å². The molecule has 0 saturated carbocycles. The predicted octanol–water partition coefficient (Wildman–Crippen LogP) is 3.18. The lowest BCUT2D eigenvalue weighted by molar-refractivity contribution is -0.222. The zero-order valence-electron chi connectivity index (χ0n) is 12.3. The number of rotatable bonds is 3. The quantitative estimate of drug-likeness (QED) is 0.305. The van der Waals surface area contributed by atoms with Crippen LogP contribution in [0.2, 0.25) is 0 Å². The first-order chi connectivity index (χ1) is 11.0. The summed E-state index contributed by atoms with van der Waals surface area (Å²) in [6.07, 6.45) is 0.903. The number of benzene rings is 1. The van der Waals surface area contributed by atoms with Crippen LogP contribution in [0.4, 0.5) is 10.1 Å². The van der Waals surface area contributed by atoms with Gasteiger partial charge in [-0.05, 0) is 37.9 Å². The van der Waals surface area contributed by atoms with Gasteiger partial charge in [0.2, 0.25) is 0 Å². The van der Waals surface area contributed by atoms with Gasteiger partial charge in [0.1, 0.15) is 5.56 Å². The second kappa shape index (κ2) is 6.52. The van der Waals surface area contributed by atoms with E-state index in [2.05, 4.69) is 37.2 Å². The molecule has 1 aliphatic rings. The van der Waals surface area contributed by atoms with E-state index < -0.39 is 40.6 Å². The average Bonchev–Trinajstić information content (AvgIpc) is 2.41. The van der Waals surface area contributed by atoms with E-state index in [1.807, 2.05) is 0 Å². The fourth-order valence-electron chi connectivity index (χ4n) is 1.86. The van der Waals surface area contributed by atoms with Crippen LogP contribution in [0.3, 0.4) is 0 Å². The number of nitrogens with one attached hydrogen (secondary N) is 1. The number of carboxylic acids is 1. The molecule has 0 atom stereocenters. The van der Waals surface area contributed by atoms with Crippen LogP contribution in [0.25, 0.3) is 0 Å². The SMILES string of the molecule is CC1(C)OC(=O)C(=CNc2c(Br)cc(Br)c(F)c2C(=O)O)C(=O)O1. The minimum atomic E-state index is -1.54. The highest BCUT2D eigenvalue weighted by Crippen LogP contribution is 2.34. The molecule has 1 heterocycles. The molecule has 24 heavy (non-hydrogen) atoms. The van der Waals surface area contributed by atoms with Crippen molar-refractivity contribution in [2.24, 2.45) is 0 Å². The Bertz CT molecular complexity index is 768. The van der Waals surface area contributed by atoms with E-state index in [9.17, 15) is 23.9 Å². The summed E-state index contributed by atoms with van der Waals surface area (Å²) in [5.41, 5.74) is -1.34. The van der Waals surface area contributed by atoms with Gasteiger partial charge in [-0.25, -0.2) is 18.8 Å². The maximum atomic E-state index is 14.0. The van der Waals surface area contributed by atoms with Gasteiger partial charge in [0.15, 0.2) is 11.4 Å². The Hall–Kier alpha value is -1.94. The Balaban J connectivity index is 2.43. The van der Waals surface area contributed by atoms with Crippen molar-refractivity contribution >= 4 is 55.5 Å². The standard InChI is InChI=1S/C14H10Br2FNO6/c1-14(2)23-12(21)5(13(22)24-14)4-18-10-7(16)3-6(15)9(17)8(10)11(19)20/h3-4,18H,1-2H3,(H,19,20). The predicted molar refractivity (Wildman–Crippen MR) is 86.7 cm³/mol. The second-order valence-corrected chi connectivity index (χ2v) is 6.80. The summed E-state index contributed by atoms with van der Waals surface area (Å²) >= 11 is 5.99. The molecule has 1 aromatic rings. The number of aromatic carboxylic acids is 1. The van der Waals surface area contributed by atoms with Crippen LogP contribution in [0.5, 0.6) is 0 Å². The average molecular weight is 467 g/mol. The van der Waals surface area contributed by atoms with Gasteiger partial charge in [0.05, 0.1) is 10.2 Å². The summed E-state index contributed by atoms with van der Waals surface area (Å²) in [6, 6.07) is 1.28. The van der Waals surface area contributed by atoms with Crippen LogP contribution in [0.15, 0.2) is 26.8 Å². The number of hydrogen-bond acceptors (Lipinski definition) is 6. The summed E-state index contributed by atoms with van der Waals surface area (Å²) in [7, 11) is 0.